The van der Waals surface area contributed by atoms with E-state index in [9.17, 15) is 34.5 Å². The molecule has 0 aromatic carbocycles. The average Bonchev–Trinajstić information content (AvgIpc) is 2.79. The lowest BCUT2D eigenvalue weighted by Gasteiger charge is -2.33. The van der Waals surface area contributed by atoms with Gasteiger partial charge in [0.25, 0.3) is 5.91 Å². The van der Waals surface area contributed by atoms with Gasteiger partial charge in [-0.3, -0.25) is 43.8 Å². The summed E-state index contributed by atoms with van der Waals surface area (Å²) in [5, 5.41) is 30.9. The van der Waals surface area contributed by atoms with Crippen LogP contribution >= 0.6 is 0 Å². The van der Waals surface area contributed by atoms with Crippen molar-refractivity contribution in [2.24, 2.45) is 0 Å². The fourth-order valence-electron chi connectivity index (χ4n) is 4.13. The first-order valence-corrected chi connectivity index (χ1v) is 12.6. The van der Waals surface area contributed by atoms with E-state index >= 15 is 0 Å². The quantitative estimate of drug-likeness (QED) is 0.322. The van der Waals surface area contributed by atoms with Crippen molar-refractivity contribution >= 4 is 23.8 Å². The number of hydrogen-bond acceptors (Lipinski definition) is 9. The number of hydrogen-bond donors (Lipinski definition) is 4. The molecular formula is C25H40N6O7. The molecular weight excluding hydrogens is 496 g/mol. The number of rotatable bonds is 9. The van der Waals surface area contributed by atoms with Gasteiger partial charge >= 0.3 is 17.9 Å². The van der Waals surface area contributed by atoms with E-state index in [-0.39, 0.29) is 25.5 Å². The van der Waals surface area contributed by atoms with Crippen molar-refractivity contribution in [3.63, 3.8) is 0 Å². The van der Waals surface area contributed by atoms with Crippen LogP contribution in [-0.2, 0) is 20.9 Å². The highest BCUT2D eigenvalue weighted by molar-refractivity contribution is 5.94. The monoisotopic (exact) mass is 536 g/mol. The largest absolute Gasteiger partial charge is 0.480 e. The third kappa shape index (κ3) is 12.4. The Morgan fingerprint density at radius 3 is 1.53 bits per heavy atom. The smallest absolute Gasteiger partial charge is 0.317 e. The maximum Gasteiger partial charge on any atom is 0.317 e. The minimum atomic E-state index is -0.997. The van der Waals surface area contributed by atoms with Gasteiger partial charge < -0.3 is 20.6 Å². The molecule has 1 aliphatic heterocycles. The zero-order valence-electron chi connectivity index (χ0n) is 22.4. The molecule has 2 rings (SSSR count). The van der Waals surface area contributed by atoms with Crippen molar-refractivity contribution in [2.45, 2.75) is 32.9 Å². The van der Waals surface area contributed by atoms with E-state index in [0.29, 0.717) is 70.2 Å². The molecule has 1 aromatic heterocycles. The van der Waals surface area contributed by atoms with Crippen LogP contribution in [-0.4, -0.2) is 141 Å². The molecule has 1 fully saturated rings. The first-order chi connectivity index (χ1) is 17.8. The Hall–Kier alpha value is -3.13. The van der Waals surface area contributed by atoms with E-state index in [4.69, 9.17) is 0 Å². The van der Waals surface area contributed by atoms with E-state index in [0.717, 1.165) is 0 Å². The first-order valence-electron chi connectivity index (χ1n) is 12.6. The van der Waals surface area contributed by atoms with Crippen LogP contribution in [0.2, 0.25) is 0 Å². The number of carboxylic acids is 3. The number of amides is 1. The summed E-state index contributed by atoms with van der Waals surface area (Å²) in [4.78, 5) is 58.5. The SMILES string of the molecule is CC(C)(C)NC(=O)c1ccnc(CN2CCN(CC(=O)O)CCN(CC(=O)O)CCN(CC(=O)O)CC2)c1. The molecule has 0 aliphatic carbocycles. The summed E-state index contributed by atoms with van der Waals surface area (Å²) >= 11 is 0. The molecule has 1 aromatic rings. The molecule has 1 aliphatic rings. The van der Waals surface area contributed by atoms with Crippen molar-refractivity contribution in [2.75, 3.05) is 72.0 Å². The van der Waals surface area contributed by atoms with Crippen LogP contribution < -0.4 is 5.32 Å². The molecule has 0 bridgehead atoms. The van der Waals surface area contributed by atoms with E-state index in [1.165, 1.54) is 0 Å². The molecule has 13 heteroatoms. The molecule has 2 heterocycles. The van der Waals surface area contributed by atoms with E-state index in [2.05, 4.69) is 15.2 Å². The Labute approximate surface area is 223 Å². The van der Waals surface area contributed by atoms with Crippen molar-refractivity contribution in [1.82, 2.24) is 29.9 Å². The van der Waals surface area contributed by atoms with E-state index in [1.807, 2.05) is 20.8 Å². The van der Waals surface area contributed by atoms with Gasteiger partial charge in [-0.25, -0.2) is 0 Å². The molecule has 0 radical (unpaired) electrons. The highest BCUT2D eigenvalue weighted by atomic mass is 16.4. The molecule has 4 N–H and O–H groups in total. The fraction of sp³-hybridized carbons (Fsp3) is 0.640. The normalized spacial score (nSPS) is 17.8. The number of nitrogens with zero attached hydrogens (tertiary/aromatic N) is 5. The molecule has 0 atom stereocenters. The highest BCUT2D eigenvalue weighted by Crippen LogP contribution is 2.09. The zero-order valence-corrected chi connectivity index (χ0v) is 22.4. The lowest BCUT2D eigenvalue weighted by molar-refractivity contribution is -0.140. The summed E-state index contributed by atoms with van der Waals surface area (Å²) in [5.74, 6) is -3.15. The predicted molar refractivity (Wildman–Crippen MR) is 139 cm³/mol. The molecule has 0 spiro atoms. The number of carbonyl (C=O) groups excluding carboxylic acids is 1. The third-order valence-electron chi connectivity index (χ3n) is 5.96. The topological polar surface area (TPSA) is 167 Å². The molecule has 212 valence electrons. The molecule has 1 saturated heterocycles. The molecule has 38 heavy (non-hydrogen) atoms. The second kappa shape index (κ2) is 14.7. The summed E-state index contributed by atoms with van der Waals surface area (Å²) < 4.78 is 0. The Bertz CT molecular complexity index is 936. The second-order valence-electron chi connectivity index (χ2n) is 10.5. The maximum atomic E-state index is 12.6. The van der Waals surface area contributed by atoms with Crippen molar-refractivity contribution < 1.29 is 34.5 Å². The summed E-state index contributed by atoms with van der Waals surface area (Å²) in [6, 6.07) is 3.37. The number of aliphatic carboxylic acids is 3. The predicted octanol–water partition coefficient (Wildman–Crippen LogP) is -0.415. The van der Waals surface area contributed by atoms with Gasteiger partial charge in [-0.1, -0.05) is 0 Å². The van der Waals surface area contributed by atoms with Crippen LogP contribution in [0.15, 0.2) is 18.3 Å². The van der Waals surface area contributed by atoms with Gasteiger partial charge in [-0.2, -0.15) is 0 Å². The van der Waals surface area contributed by atoms with Gasteiger partial charge in [0, 0.05) is 76.2 Å². The lowest BCUT2D eigenvalue weighted by Crippen LogP contribution is -2.48. The molecule has 1 amide bonds. The summed E-state index contributed by atoms with van der Waals surface area (Å²) in [5.41, 5.74) is 0.761. The van der Waals surface area contributed by atoms with Crippen molar-refractivity contribution in [1.29, 1.82) is 0 Å². The minimum absolute atomic E-state index is 0.180. The lowest BCUT2D eigenvalue weighted by atomic mass is 10.1. The highest BCUT2D eigenvalue weighted by Gasteiger charge is 2.21. The van der Waals surface area contributed by atoms with Crippen LogP contribution in [0.25, 0.3) is 0 Å². The summed E-state index contributed by atoms with van der Waals surface area (Å²) in [6.07, 6.45) is 1.58. The number of carbonyl (C=O) groups is 4. The first kappa shape index (κ1) is 31.1. The Morgan fingerprint density at radius 2 is 1.16 bits per heavy atom. The number of nitrogens with one attached hydrogen (secondary N) is 1. The van der Waals surface area contributed by atoms with Crippen LogP contribution in [0.5, 0.6) is 0 Å². The zero-order chi connectivity index (χ0) is 28.3. The Kier molecular flexibility index (Phi) is 12.0. The average molecular weight is 537 g/mol. The van der Waals surface area contributed by atoms with E-state index in [1.54, 1.807) is 33.0 Å². The number of pyridine rings is 1. The van der Waals surface area contributed by atoms with Gasteiger partial charge in [-0.15, -0.1) is 0 Å². The van der Waals surface area contributed by atoms with Crippen molar-refractivity contribution in [3.8, 4) is 0 Å². The maximum absolute atomic E-state index is 12.6. The van der Waals surface area contributed by atoms with Crippen LogP contribution in [0.3, 0.4) is 0 Å². The third-order valence-corrected chi connectivity index (χ3v) is 5.96. The van der Waals surface area contributed by atoms with Gasteiger partial charge in [-0.05, 0) is 32.9 Å². The number of carboxylic acid groups (broad SMARTS) is 3. The minimum Gasteiger partial charge on any atom is -0.480 e. The number of aromatic nitrogens is 1. The Balaban J connectivity index is 2.21. The second-order valence-corrected chi connectivity index (χ2v) is 10.5. The van der Waals surface area contributed by atoms with Gasteiger partial charge in [0.05, 0.1) is 25.3 Å². The summed E-state index contributed by atoms with van der Waals surface area (Å²) in [6.45, 7) is 8.69. The van der Waals surface area contributed by atoms with E-state index < -0.39 is 23.4 Å². The van der Waals surface area contributed by atoms with Crippen LogP contribution in [0, 0.1) is 0 Å². The molecule has 0 saturated carbocycles. The van der Waals surface area contributed by atoms with Crippen LogP contribution in [0.4, 0.5) is 0 Å². The van der Waals surface area contributed by atoms with Crippen molar-refractivity contribution in [3.05, 3.63) is 29.6 Å². The van der Waals surface area contributed by atoms with Gasteiger partial charge in [0.2, 0.25) is 0 Å². The molecule has 0 unspecified atom stereocenters. The summed E-state index contributed by atoms with van der Waals surface area (Å²) in [7, 11) is 0. The van der Waals surface area contributed by atoms with Gasteiger partial charge in [0.15, 0.2) is 0 Å². The Morgan fingerprint density at radius 1 is 0.763 bits per heavy atom. The van der Waals surface area contributed by atoms with Gasteiger partial charge in [0.1, 0.15) is 0 Å². The standard InChI is InChI=1S/C25H40N6O7/c1-25(2,3)27-24(38)19-4-5-26-20(14-19)15-28-6-8-29(16-21(32)33)10-12-31(18-23(36)37)13-11-30(9-7-28)17-22(34)35/h4-5,14H,6-13,15-18H2,1-3H3,(H,27,38)(H,32,33)(H,34,35)(H,36,37). The fourth-order valence-corrected chi connectivity index (χ4v) is 4.13. The molecule has 13 nitrogen and oxygen atoms in total. The van der Waals surface area contributed by atoms with Crippen LogP contribution in [0.1, 0.15) is 36.8 Å².